The van der Waals surface area contributed by atoms with E-state index in [0.717, 1.165) is 24.5 Å². The van der Waals surface area contributed by atoms with Crippen LogP contribution >= 0.6 is 11.8 Å². The normalized spacial score (nSPS) is 17.6. The Labute approximate surface area is 160 Å². The van der Waals surface area contributed by atoms with Crippen LogP contribution in [0.15, 0.2) is 12.2 Å². The molecular formula is C22H40O2S. The lowest BCUT2D eigenvalue weighted by molar-refractivity contribution is -0.126. The second-order valence-corrected chi connectivity index (χ2v) is 9.67. The van der Waals surface area contributed by atoms with Crippen LogP contribution in [0.5, 0.6) is 0 Å². The standard InChI is InChI=1S/C13H24OS.C9H16O/c1-13(2,3)12(14)9-5-4-7-11-8-6-10-15-11;1-4-5-6-7-9(10)8(2)3/h11H,4-10H2,1-3H3;5-6,8H,4,7H2,1-3H3/b;6-5-. The van der Waals surface area contributed by atoms with Crippen LogP contribution in [0.25, 0.3) is 0 Å². The fourth-order valence-corrected chi connectivity index (χ4v) is 3.84. The van der Waals surface area contributed by atoms with Gasteiger partial charge in [0.15, 0.2) is 0 Å². The molecule has 0 aromatic rings. The summed E-state index contributed by atoms with van der Waals surface area (Å²) in [5.74, 6) is 2.28. The molecular weight excluding hydrogens is 328 g/mol. The van der Waals surface area contributed by atoms with Gasteiger partial charge in [-0.3, -0.25) is 9.59 Å². The molecule has 0 N–H and O–H groups in total. The number of carbonyl (C=O) groups excluding carboxylic acids is 2. The minimum Gasteiger partial charge on any atom is -0.299 e. The molecule has 1 aliphatic rings. The van der Waals surface area contributed by atoms with Crippen LogP contribution < -0.4 is 0 Å². The summed E-state index contributed by atoms with van der Waals surface area (Å²) in [6.07, 6.45) is 12.8. The Morgan fingerprint density at radius 3 is 2.32 bits per heavy atom. The maximum absolute atomic E-state index is 11.7. The molecule has 0 aromatic heterocycles. The molecule has 1 rings (SSSR count). The first-order chi connectivity index (χ1) is 11.7. The summed E-state index contributed by atoms with van der Waals surface area (Å²) in [7, 11) is 0. The highest BCUT2D eigenvalue weighted by Gasteiger charge is 2.20. The van der Waals surface area contributed by atoms with Gasteiger partial charge in [0.1, 0.15) is 11.6 Å². The zero-order valence-electron chi connectivity index (χ0n) is 17.4. The number of ketones is 2. The van der Waals surface area contributed by atoms with E-state index in [-0.39, 0.29) is 11.3 Å². The number of allylic oxidation sites excluding steroid dienone is 2. The van der Waals surface area contributed by atoms with Crippen molar-refractivity contribution < 1.29 is 9.59 Å². The molecule has 0 radical (unpaired) electrons. The van der Waals surface area contributed by atoms with E-state index in [1.54, 1.807) is 0 Å². The van der Waals surface area contributed by atoms with E-state index in [2.05, 4.69) is 18.7 Å². The van der Waals surface area contributed by atoms with Gasteiger partial charge in [-0.25, -0.2) is 0 Å². The Morgan fingerprint density at radius 1 is 1.16 bits per heavy atom. The van der Waals surface area contributed by atoms with Crippen molar-refractivity contribution in [3.8, 4) is 0 Å². The average Bonchev–Trinajstić information content (AvgIpc) is 3.04. The van der Waals surface area contributed by atoms with Crippen LogP contribution in [0.1, 0.15) is 92.9 Å². The lowest BCUT2D eigenvalue weighted by Crippen LogP contribution is -2.19. The molecule has 0 amide bonds. The van der Waals surface area contributed by atoms with Crippen molar-refractivity contribution in [2.75, 3.05) is 5.75 Å². The molecule has 0 saturated carbocycles. The lowest BCUT2D eigenvalue weighted by Gasteiger charge is -2.16. The van der Waals surface area contributed by atoms with Crippen molar-refractivity contribution in [2.45, 2.75) is 98.2 Å². The summed E-state index contributed by atoms with van der Waals surface area (Å²) < 4.78 is 0. The fraction of sp³-hybridized carbons (Fsp3) is 0.818. The molecule has 0 aromatic carbocycles. The van der Waals surface area contributed by atoms with Crippen molar-refractivity contribution >= 4 is 23.3 Å². The average molecular weight is 369 g/mol. The van der Waals surface area contributed by atoms with E-state index >= 15 is 0 Å². The van der Waals surface area contributed by atoms with Gasteiger partial charge in [0.05, 0.1) is 0 Å². The van der Waals surface area contributed by atoms with Gasteiger partial charge in [-0.1, -0.05) is 60.1 Å². The molecule has 1 heterocycles. The molecule has 1 aliphatic heterocycles. The number of unbranched alkanes of at least 4 members (excludes halogenated alkanes) is 1. The monoisotopic (exact) mass is 368 g/mol. The predicted octanol–water partition coefficient (Wildman–Crippen LogP) is 6.63. The highest BCUT2D eigenvalue weighted by molar-refractivity contribution is 8.00. The molecule has 1 fully saturated rings. The van der Waals surface area contributed by atoms with E-state index in [4.69, 9.17) is 0 Å². The van der Waals surface area contributed by atoms with E-state index in [1.807, 2.05) is 46.8 Å². The van der Waals surface area contributed by atoms with Crippen molar-refractivity contribution in [1.82, 2.24) is 0 Å². The Bertz CT molecular complexity index is 399. The van der Waals surface area contributed by atoms with Gasteiger partial charge in [0.2, 0.25) is 0 Å². The first kappa shape index (κ1) is 24.4. The van der Waals surface area contributed by atoms with Gasteiger partial charge in [0, 0.05) is 29.4 Å². The number of Topliss-reactive ketones (excluding diaryl/α,β-unsaturated/α-hetero) is 2. The minimum absolute atomic E-state index is 0.137. The molecule has 0 spiro atoms. The van der Waals surface area contributed by atoms with E-state index in [1.165, 1.54) is 31.4 Å². The predicted molar refractivity (Wildman–Crippen MR) is 112 cm³/mol. The Morgan fingerprint density at radius 2 is 1.84 bits per heavy atom. The summed E-state index contributed by atoms with van der Waals surface area (Å²) in [4.78, 5) is 22.6. The Balaban J connectivity index is 0.000000504. The number of rotatable bonds is 9. The molecule has 1 unspecified atom stereocenters. The highest BCUT2D eigenvalue weighted by atomic mass is 32.2. The first-order valence-electron chi connectivity index (χ1n) is 10.0. The second-order valence-electron chi connectivity index (χ2n) is 8.26. The van der Waals surface area contributed by atoms with Crippen molar-refractivity contribution in [2.24, 2.45) is 11.3 Å². The maximum Gasteiger partial charge on any atom is 0.139 e. The van der Waals surface area contributed by atoms with Gasteiger partial charge < -0.3 is 0 Å². The summed E-state index contributed by atoms with van der Waals surface area (Å²) in [5.41, 5.74) is -0.137. The van der Waals surface area contributed by atoms with Crippen LogP contribution in [0.3, 0.4) is 0 Å². The number of thioether (sulfide) groups is 1. The highest BCUT2D eigenvalue weighted by Crippen LogP contribution is 2.30. The number of hydrogen-bond acceptors (Lipinski definition) is 3. The SMILES string of the molecule is CC(C)(C)C(=O)CCCCC1CCCS1.CC/C=C\CC(=O)C(C)C. The zero-order valence-corrected chi connectivity index (χ0v) is 18.2. The van der Waals surface area contributed by atoms with Crippen LogP contribution in [0.4, 0.5) is 0 Å². The molecule has 1 saturated heterocycles. The first-order valence-corrected chi connectivity index (χ1v) is 11.1. The molecule has 146 valence electrons. The quantitative estimate of drug-likeness (QED) is 0.338. The molecule has 25 heavy (non-hydrogen) atoms. The van der Waals surface area contributed by atoms with Crippen molar-refractivity contribution in [1.29, 1.82) is 0 Å². The molecule has 0 bridgehead atoms. The smallest absolute Gasteiger partial charge is 0.139 e. The van der Waals surface area contributed by atoms with E-state index in [0.29, 0.717) is 18.0 Å². The molecule has 0 aliphatic carbocycles. The van der Waals surface area contributed by atoms with Crippen LogP contribution in [0, 0.1) is 11.3 Å². The third kappa shape index (κ3) is 13.3. The van der Waals surface area contributed by atoms with Crippen molar-refractivity contribution in [3.05, 3.63) is 12.2 Å². The Hall–Kier alpha value is -0.570. The summed E-state index contributed by atoms with van der Waals surface area (Å²) in [6.45, 7) is 12.0. The zero-order chi connectivity index (χ0) is 19.3. The molecule has 1 atom stereocenters. The van der Waals surface area contributed by atoms with Crippen molar-refractivity contribution in [3.63, 3.8) is 0 Å². The third-order valence-electron chi connectivity index (χ3n) is 4.41. The van der Waals surface area contributed by atoms with Crippen LogP contribution in [0.2, 0.25) is 0 Å². The van der Waals surface area contributed by atoms with Gasteiger partial charge >= 0.3 is 0 Å². The minimum atomic E-state index is -0.137. The summed E-state index contributed by atoms with van der Waals surface area (Å²) in [5, 5.41) is 0.898. The summed E-state index contributed by atoms with van der Waals surface area (Å²) >= 11 is 2.12. The lowest BCUT2D eigenvalue weighted by atomic mass is 9.88. The van der Waals surface area contributed by atoms with Gasteiger partial charge in [0.25, 0.3) is 0 Å². The molecule has 2 nitrogen and oxygen atoms in total. The Kier molecular flexibility index (Phi) is 13.3. The van der Waals surface area contributed by atoms with E-state index in [9.17, 15) is 9.59 Å². The van der Waals surface area contributed by atoms with Crippen LogP contribution in [-0.4, -0.2) is 22.6 Å². The van der Waals surface area contributed by atoms with Gasteiger partial charge in [-0.15, -0.1) is 0 Å². The van der Waals surface area contributed by atoms with Gasteiger partial charge in [-0.05, 0) is 37.9 Å². The topological polar surface area (TPSA) is 34.1 Å². The van der Waals surface area contributed by atoms with Crippen LogP contribution in [-0.2, 0) is 9.59 Å². The fourth-order valence-electron chi connectivity index (χ4n) is 2.51. The number of carbonyl (C=O) groups is 2. The second kappa shape index (κ2) is 13.6. The number of hydrogen-bond donors (Lipinski definition) is 0. The third-order valence-corrected chi connectivity index (χ3v) is 5.87. The summed E-state index contributed by atoms with van der Waals surface area (Å²) in [6, 6.07) is 0. The molecule has 3 heteroatoms. The van der Waals surface area contributed by atoms with E-state index < -0.39 is 0 Å². The largest absolute Gasteiger partial charge is 0.299 e. The van der Waals surface area contributed by atoms with Gasteiger partial charge in [-0.2, -0.15) is 11.8 Å². The maximum atomic E-state index is 11.7.